The fourth-order valence-electron chi connectivity index (χ4n) is 10.6. The molecule has 4 aliphatic heterocycles. The van der Waals surface area contributed by atoms with Crippen molar-refractivity contribution in [2.75, 3.05) is 69.2 Å². The van der Waals surface area contributed by atoms with Gasteiger partial charge in [-0.3, -0.25) is 48.9 Å². The Morgan fingerprint density at radius 2 is 1.66 bits per heavy atom. The first-order valence-electron chi connectivity index (χ1n) is 23.9. The smallest absolute Gasteiger partial charge is 0.264 e. The molecule has 5 heterocycles. The number of aromatic nitrogens is 1. The van der Waals surface area contributed by atoms with Crippen LogP contribution in [0.1, 0.15) is 96.9 Å². The first-order valence-corrected chi connectivity index (χ1v) is 24.3. The third kappa shape index (κ3) is 10.2. The second-order valence-corrected chi connectivity index (χ2v) is 19.0. The number of carbonyl (C=O) groups excluding carboxylic acids is 6. The van der Waals surface area contributed by atoms with Gasteiger partial charge in [0, 0.05) is 94.3 Å². The monoisotopic (exact) mass is 949 g/mol. The number of likely N-dealkylation sites (tertiary alicyclic amines) is 1. The summed E-state index contributed by atoms with van der Waals surface area (Å²) in [7, 11) is 0. The lowest BCUT2D eigenvalue weighted by molar-refractivity contribution is -0.136. The van der Waals surface area contributed by atoms with Crippen molar-refractivity contribution in [3.8, 4) is 5.75 Å². The van der Waals surface area contributed by atoms with E-state index in [-0.39, 0.29) is 60.4 Å². The summed E-state index contributed by atoms with van der Waals surface area (Å²) >= 11 is 6.56. The Balaban J connectivity index is 0.664. The second-order valence-electron chi connectivity index (χ2n) is 18.6. The van der Waals surface area contributed by atoms with Crippen molar-refractivity contribution in [3.05, 3.63) is 94.4 Å². The summed E-state index contributed by atoms with van der Waals surface area (Å²) in [6.45, 7) is 7.22. The highest BCUT2D eigenvalue weighted by atomic mass is 35.5. The number of pyridine rings is 1. The Hall–Kier alpha value is -5.97. The summed E-state index contributed by atoms with van der Waals surface area (Å²) in [6.07, 6.45) is 7.03. The predicted molar refractivity (Wildman–Crippen MR) is 253 cm³/mol. The van der Waals surface area contributed by atoms with Crippen LogP contribution in [0.15, 0.2) is 66.9 Å². The maximum Gasteiger partial charge on any atom is 0.264 e. The summed E-state index contributed by atoms with van der Waals surface area (Å²) < 4.78 is 26.3. The molecule has 68 heavy (non-hydrogen) atoms. The summed E-state index contributed by atoms with van der Waals surface area (Å²) in [4.78, 5) is 89.3. The molecule has 9 rings (SSSR count). The van der Waals surface area contributed by atoms with Gasteiger partial charge in [-0.1, -0.05) is 24.6 Å². The molecule has 3 aromatic carbocycles. The lowest BCUT2D eigenvalue weighted by atomic mass is 9.73. The average molecular weight is 951 g/mol. The van der Waals surface area contributed by atoms with Gasteiger partial charge in [0.25, 0.3) is 11.8 Å². The molecule has 358 valence electrons. The molecule has 1 aliphatic carbocycles. The van der Waals surface area contributed by atoms with Crippen molar-refractivity contribution in [2.45, 2.75) is 82.8 Å². The Bertz CT molecular complexity index is 2590. The van der Waals surface area contributed by atoms with Crippen molar-refractivity contribution in [2.24, 2.45) is 11.8 Å². The van der Waals surface area contributed by atoms with E-state index in [1.165, 1.54) is 6.07 Å². The van der Waals surface area contributed by atoms with Crippen molar-refractivity contribution < 1.29 is 42.6 Å². The molecule has 1 unspecified atom stereocenters. The van der Waals surface area contributed by atoms with Crippen LogP contribution in [-0.2, 0) is 23.9 Å². The number of piperidine rings is 2. The molecule has 4 fully saturated rings. The summed E-state index contributed by atoms with van der Waals surface area (Å²) in [5, 5.41) is 6.63. The van der Waals surface area contributed by atoms with Crippen molar-refractivity contribution in [1.29, 1.82) is 0 Å². The molecular weight excluding hydrogens is 893 g/mol. The number of rotatable bonds is 14. The number of piperazine rings is 1. The van der Waals surface area contributed by atoms with Gasteiger partial charge < -0.3 is 24.6 Å². The van der Waals surface area contributed by atoms with Gasteiger partial charge in [0.2, 0.25) is 23.6 Å². The number of nitrogens with zero attached hydrogens (tertiary/aromatic N) is 5. The van der Waals surface area contributed by atoms with Gasteiger partial charge in [-0.2, -0.15) is 0 Å². The molecule has 1 saturated carbocycles. The number of amides is 6. The summed E-state index contributed by atoms with van der Waals surface area (Å²) in [5.41, 5.74) is 3.76. The highest BCUT2D eigenvalue weighted by Crippen LogP contribution is 2.42. The van der Waals surface area contributed by atoms with E-state index in [1.54, 1.807) is 48.7 Å². The quantitative estimate of drug-likeness (QED) is 0.104. The molecular formula is C51H57ClFN7O8. The predicted octanol–water partition coefficient (Wildman–Crippen LogP) is 6.58. The lowest BCUT2D eigenvalue weighted by Crippen LogP contribution is -2.54. The minimum atomic E-state index is -1.01. The number of anilines is 2. The van der Waals surface area contributed by atoms with E-state index >= 15 is 0 Å². The third-order valence-corrected chi connectivity index (χ3v) is 14.8. The van der Waals surface area contributed by atoms with Gasteiger partial charge in [-0.15, -0.1) is 0 Å². The van der Waals surface area contributed by atoms with Crippen LogP contribution in [0.2, 0.25) is 5.02 Å². The number of fused-ring (bicyclic) bond motifs is 2. The fraction of sp³-hybridized carbons (Fsp3) is 0.471. The van der Waals surface area contributed by atoms with Gasteiger partial charge in [0.05, 0.1) is 47.0 Å². The molecule has 2 atom stereocenters. The molecule has 3 saturated heterocycles. The van der Waals surface area contributed by atoms with Crippen molar-refractivity contribution >= 4 is 69.3 Å². The highest BCUT2D eigenvalue weighted by molar-refractivity contribution is 6.32. The van der Waals surface area contributed by atoms with E-state index in [1.807, 2.05) is 24.0 Å². The molecule has 0 spiro atoms. The molecule has 1 aromatic heterocycles. The highest BCUT2D eigenvalue weighted by Gasteiger charge is 2.46. The number of benzene rings is 3. The van der Waals surface area contributed by atoms with Gasteiger partial charge in [0.15, 0.2) is 0 Å². The van der Waals surface area contributed by atoms with Gasteiger partial charge >= 0.3 is 0 Å². The Morgan fingerprint density at radius 3 is 2.43 bits per heavy atom. The number of carbonyl (C=O) groups is 6. The van der Waals surface area contributed by atoms with E-state index in [0.29, 0.717) is 105 Å². The number of ether oxygens (including phenoxy) is 2. The van der Waals surface area contributed by atoms with Gasteiger partial charge in [0.1, 0.15) is 23.7 Å². The third-order valence-electron chi connectivity index (χ3n) is 14.5. The Kier molecular flexibility index (Phi) is 14.4. The lowest BCUT2D eigenvalue weighted by Gasteiger charge is -2.36. The topological polar surface area (TPSA) is 171 Å². The van der Waals surface area contributed by atoms with Crippen LogP contribution in [0.3, 0.4) is 0 Å². The van der Waals surface area contributed by atoms with Gasteiger partial charge in [-0.25, -0.2) is 4.39 Å². The second kappa shape index (κ2) is 20.7. The first-order chi connectivity index (χ1) is 32.9. The van der Waals surface area contributed by atoms with Gasteiger partial charge in [-0.05, 0) is 98.0 Å². The van der Waals surface area contributed by atoms with Crippen LogP contribution in [0.5, 0.6) is 5.75 Å². The standard InChI is InChI=1S/C51H57ClFN7O8/c1-31(32-5-7-33(8-6-32)37-15-19-54-41-12-9-34(53)29-39(37)41)48(63)55-35-10-11-40(52)44(30-35)68-36-16-20-59(21-17-36)46(62)18-27-67-28-26-57-22-24-58(25-23-57)42-4-2-3-38-47(42)51(66)60(50(38)65)43-13-14-45(61)56-49(43)64/h2-4,9-12,15,19,29-33,36,43H,5-8,13-14,16-18,20-28H2,1H3,(H,55,63)(H,56,61,64)/t31-,32?,33?,43?/m1/s1. The SMILES string of the molecule is C[C@@H](C(=O)Nc1ccc(Cl)c(OC2CCN(C(=O)CCOCCN3CCN(c4cccc5c4C(=O)N(C4CCC(=O)NC4=O)C5=O)CC3)CC2)c1)C1CCC(c2ccnc3ccc(F)cc23)CC1. The van der Waals surface area contributed by atoms with Crippen LogP contribution in [0.4, 0.5) is 15.8 Å². The average Bonchev–Trinajstić information content (AvgIpc) is 3.60. The van der Waals surface area contributed by atoms with Crippen LogP contribution in [-0.4, -0.2) is 126 Å². The van der Waals surface area contributed by atoms with E-state index in [9.17, 15) is 33.2 Å². The molecule has 17 heteroatoms. The molecule has 4 aromatic rings. The minimum Gasteiger partial charge on any atom is -0.489 e. The molecule has 15 nitrogen and oxygen atoms in total. The van der Waals surface area contributed by atoms with E-state index < -0.39 is 29.7 Å². The first kappa shape index (κ1) is 47.1. The number of hydrogen-bond acceptors (Lipinski definition) is 11. The molecule has 0 bridgehead atoms. The number of nitrogens with one attached hydrogen (secondary N) is 2. The van der Waals surface area contributed by atoms with Crippen LogP contribution >= 0.6 is 11.6 Å². The van der Waals surface area contributed by atoms with Crippen LogP contribution < -0.4 is 20.3 Å². The summed E-state index contributed by atoms with van der Waals surface area (Å²) in [6, 6.07) is 16.2. The Labute approximate surface area is 399 Å². The zero-order valence-electron chi connectivity index (χ0n) is 38.2. The largest absolute Gasteiger partial charge is 0.489 e. The maximum atomic E-state index is 14.1. The number of imide groups is 2. The van der Waals surface area contributed by atoms with Crippen molar-refractivity contribution in [1.82, 2.24) is 25.0 Å². The molecule has 6 amide bonds. The van der Waals surface area contributed by atoms with Crippen molar-refractivity contribution in [3.63, 3.8) is 0 Å². The van der Waals surface area contributed by atoms with E-state index in [0.717, 1.165) is 47.0 Å². The summed E-state index contributed by atoms with van der Waals surface area (Å²) in [5.74, 6) is -1.55. The van der Waals surface area contributed by atoms with E-state index in [4.69, 9.17) is 21.1 Å². The molecule has 2 N–H and O–H groups in total. The number of hydrogen-bond donors (Lipinski definition) is 2. The maximum absolute atomic E-state index is 14.1. The van der Waals surface area contributed by atoms with E-state index in [2.05, 4.69) is 25.4 Å². The molecule has 0 radical (unpaired) electrons. The Morgan fingerprint density at radius 1 is 0.882 bits per heavy atom. The zero-order valence-corrected chi connectivity index (χ0v) is 39.0. The zero-order chi connectivity index (χ0) is 47.5. The van der Waals surface area contributed by atoms with Crippen LogP contribution in [0, 0.1) is 17.7 Å². The van der Waals surface area contributed by atoms with Crippen LogP contribution in [0.25, 0.3) is 10.9 Å². The normalized spacial score (nSPS) is 22.0. The minimum absolute atomic E-state index is 0.0308. The number of halogens is 2. The fourth-order valence-corrected chi connectivity index (χ4v) is 10.7. The molecule has 5 aliphatic rings.